The Balaban J connectivity index is 2.60. The smallest absolute Gasteiger partial charge is 0.247 e. The van der Waals surface area contributed by atoms with E-state index >= 15 is 0 Å². The molecule has 0 saturated heterocycles. The average Bonchev–Trinajstić information content (AvgIpc) is 2.50. The van der Waals surface area contributed by atoms with E-state index < -0.39 is 15.9 Å². The third-order valence-corrected chi connectivity index (χ3v) is 5.32. The van der Waals surface area contributed by atoms with Crippen molar-refractivity contribution in [1.82, 2.24) is 0 Å². The molecule has 0 aromatic heterocycles. The highest BCUT2D eigenvalue weighted by Crippen LogP contribution is 2.37. The molecule has 0 saturated carbocycles. The molecule has 0 aliphatic carbocycles. The van der Waals surface area contributed by atoms with Gasteiger partial charge in [0.25, 0.3) is 0 Å². The Bertz CT molecular complexity index is 742. The van der Waals surface area contributed by atoms with Gasteiger partial charge in [0, 0.05) is 12.7 Å². The zero-order chi connectivity index (χ0) is 17.4. The average molecular weight is 338 g/mol. The van der Waals surface area contributed by atoms with E-state index in [-0.39, 0.29) is 29.0 Å². The first-order chi connectivity index (χ1) is 10.7. The van der Waals surface area contributed by atoms with Crippen molar-refractivity contribution in [1.29, 1.82) is 0 Å². The second-order valence-corrected chi connectivity index (χ2v) is 7.90. The van der Waals surface area contributed by atoms with E-state index in [1.165, 1.54) is 17.0 Å². The molecule has 1 N–H and O–H groups in total. The van der Waals surface area contributed by atoms with Crippen molar-refractivity contribution in [2.75, 3.05) is 16.5 Å². The monoisotopic (exact) mass is 338 g/mol. The quantitative estimate of drug-likeness (QED) is 0.912. The lowest BCUT2D eigenvalue weighted by atomic mass is 9.93. The van der Waals surface area contributed by atoms with Crippen LogP contribution in [0.15, 0.2) is 23.1 Å². The Labute approximate surface area is 136 Å². The molecule has 0 spiro atoms. The van der Waals surface area contributed by atoms with E-state index in [0.29, 0.717) is 11.4 Å². The van der Waals surface area contributed by atoms with Crippen LogP contribution < -0.4 is 10.2 Å². The fourth-order valence-electron chi connectivity index (χ4n) is 2.73. The first-order valence-corrected chi connectivity index (χ1v) is 9.56. The number of nitrogens with one attached hydrogen (secondary N) is 1. The fraction of sp³-hybridized carbons (Fsp3) is 0.500. The number of amides is 2. The molecule has 7 heteroatoms. The van der Waals surface area contributed by atoms with Crippen LogP contribution in [0.25, 0.3) is 0 Å². The van der Waals surface area contributed by atoms with Crippen molar-refractivity contribution in [3.63, 3.8) is 0 Å². The summed E-state index contributed by atoms with van der Waals surface area (Å²) < 4.78 is 23.4. The van der Waals surface area contributed by atoms with E-state index in [9.17, 15) is 18.0 Å². The molecule has 0 radical (unpaired) electrons. The Morgan fingerprint density at radius 3 is 2.52 bits per heavy atom. The fourth-order valence-corrected chi connectivity index (χ4v) is 3.37. The summed E-state index contributed by atoms with van der Waals surface area (Å²) in [5, 5.41) is 2.75. The maximum absolute atomic E-state index is 12.5. The van der Waals surface area contributed by atoms with Crippen LogP contribution in [0, 0.1) is 5.92 Å². The van der Waals surface area contributed by atoms with Gasteiger partial charge in [-0.25, -0.2) is 8.42 Å². The lowest BCUT2D eigenvalue weighted by Gasteiger charge is -2.39. The number of carbonyl (C=O) groups is 2. The van der Waals surface area contributed by atoms with Crippen molar-refractivity contribution < 1.29 is 18.0 Å². The maximum Gasteiger partial charge on any atom is 0.247 e. The molecule has 2 atom stereocenters. The summed E-state index contributed by atoms with van der Waals surface area (Å²) in [6, 6.07) is 3.89. The van der Waals surface area contributed by atoms with Crippen LogP contribution >= 0.6 is 0 Å². The zero-order valence-electron chi connectivity index (χ0n) is 13.8. The predicted molar refractivity (Wildman–Crippen MR) is 89.2 cm³/mol. The van der Waals surface area contributed by atoms with Gasteiger partial charge < -0.3 is 5.32 Å². The number of benzene rings is 1. The molecule has 1 aromatic rings. The molecule has 2 amide bonds. The minimum atomic E-state index is -3.39. The molecule has 1 aromatic carbocycles. The van der Waals surface area contributed by atoms with E-state index in [4.69, 9.17) is 0 Å². The molecule has 6 nitrogen and oxygen atoms in total. The number of carbonyl (C=O) groups excluding carboxylic acids is 2. The van der Waals surface area contributed by atoms with Crippen LogP contribution in [-0.4, -0.2) is 32.5 Å². The summed E-state index contributed by atoms with van der Waals surface area (Å²) in [6.45, 7) is 5.64. The second-order valence-electron chi connectivity index (χ2n) is 5.89. The van der Waals surface area contributed by atoms with Crippen molar-refractivity contribution in [3.05, 3.63) is 18.2 Å². The highest BCUT2D eigenvalue weighted by atomic mass is 32.2. The number of nitrogens with zero attached hydrogens (tertiary/aromatic N) is 1. The molecule has 1 aliphatic heterocycles. The molecule has 0 bridgehead atoms. The summed E-state index contributed by atoms with van der Waals surface area (Å²) in [5.41, 5.74) is 0.911. The minimum Gasteiger partial charge on any atom is -0.322 e. The molecule has 23 heavy (non-hydrogen) atoms. The number of fused-ring (bicyclic) bond motifs is 1. The maximum atomic E-state index is 12.5. The number of hydrogen-bond acceptors (Lipinski definition) is 4. The van der Waals surface area contributed by atoms with Crippen LogP contribution in [0.4, 0.5) is 11.4 Å². The van der Waals surface area contributed by atoms with Gasteiger partial charge in [-0.3, -0.25) is 14.5 Å². The largest absolute Gasteiger partial charge is 0.322 e. The van der Waals surface area contributed by atoms with E-state index in [0.717, 1.165) is 12.7 Å². The topological polar surface area (TPSA) is 83.6 Å². The SMILES string of the molecule is CCC(=O)N1c2ccc(S(C)(=O)=O)cc2NC(=O)C1C(C)CC. The summed E-state index contributed by atoms with van der Waals surface area (Å²) in [6.07, 6.45) is 2.13. The predicted octanol–water partition coefficient (Wildman–Crippen LogP) is 2.20. The van der Waals surface area contributed by atoms with Crippen molar-refractivity contribution >= 4 is 33.0 Å². The molecule has 1 aliphatic rings. The van der Waals surface area contributed by atoms with Crippen molar-refractivity contribution in [2.45, 2.75) is 44.6 Å². The van der Waals surface area contributed by atoms with E-state index in [1.54, 1.807) is 13.0 Å². The molecular formula is C16H22N2O4S. The van der Waals surface area contributed by atoms with E-state index in [2.05, 4.69) is 5.32 Å². The zero-order valence-corrected chi connectivity index (χ0v) is 14.6. The van der Waals surface area contributed by atoms with E-state index in [1.807, 2.05) is 13.8 Å². The highest BCUT2D eigenvalue weighted by Gasteiger charge is 2.39. The van der Waals surface area contributed by atoms with Gasteiger partial charge in [-0.2, -0.15) is 0 Å². The minimum absolute atomic E-state index is 0.00626. The summed E-state index contributed by atoms with van der Waals surface area (Å²) in [4.78, 5) is 26.5. The Kier molecular flexibility index (Phi) is 4.79. The third kappa shape index (κ3) is 3.24. The molecule has 2 unspecified atom stereocenters. The van der Waals surface area contributed by atoms with Crippen LogP contribution in [0.3, 0.4) is 0 Å². The number of anilines is 2. The molecule has 126 valence electrons. The lowest BCUT2D eigenvalue weighted by Crippen LogP contribution is -2.54. The standard InChI is InChI=1S/C16H22N2O4S/c1-5-10(3)15-16(20)17-12-9-11(23(4,21)22)7-8-13(12)18(15)14(19)6-2/h7-10,15H,5-6H2,1-4H3,(H,17,20). The Morgan fingerprint density at radius 2 is 2.00 bits per heavy atom. The van der Waals surface area contributed by atoms with Gasteiger partial charge in [0.15, 0.2) is 9.84 Å². The van der Waals surface area contributed by atoms with Crippen molar-refractivity contribution in [2.24, 2.45) is 5.92 Å². The van der Waals surface area contributed by atoms with Gasteiger partial charge in [-0.15, -0.1) is 0 Å². The lowest BCUT2D eigenvalue weighted by molar-refractivity contribution is -0.124. The van der Waals surface area contributed by atoms with Crippen LogP contribution in [0.1, 0.15) is 33.6 Å². The van der Waals surface area contributed by atoms with Gasteiger partial charge in [-0.05, 0) is 24.1 Å². The van der Waals surface area contributed by atoms with Gasteiger partial charge >= 0.3 is 0 Å². The van der Waals surface area contributed by atoms with Gasteiger partial charge in [0.1, 0.15) is 6.04 Å². The van der Waals surface area contributed by atoms with Gasteiger partial charge in [0.2, 0.25) is 11.8 Å². The first kappa shape index (κ1) is 17.5. The molecule has 1 heterocycles. The first-order valence-electron chi connectivity index (χ1n) is 7.67. The third-order valence-electron chi connectivity index (χ3n) is 4.21. The Morgan fingerprint density at radius 1 is 1.35 bits per heavy atom. The van der Waals surface area contributed by atoms with Crippen molar-refractivity contribution in [3.8, 4) is 0 Å². The van der Waals surface area contributed by atoms with Crippen LogP contribution in [0.2, 0.25) is 0 Å². The molecular weight excluding hydrogens is 316 g/mol. The number of sulfone groups is 1. The number of hydrogen-bond donors (Lipinski definition) is 1. The Hall–Kier alpha value is -1.89. The summed E-state index contributed by atoms with van der Waals surface area (Å²) in [7, 11) is -3.39. The van der Waals surface area contributed by atoms with Gasteiger partial charge in [0.05, 0.1) is 16.3 Å². The van der Waals surface area contributed by atoms with Gasteiger partial charge in [-0.1, -0.05) is 27.2 Å². The second kappa shape index (κ2) is 6.31. The molecule has 2 rings (SSSR count). The number of rotatable bonds is 4. The summed E-state index contributed by atoms with van der Waals surface area (Å²) >= 11 is 0. The molecule has 0 fully saturated rings. The van der Waals surface area contributed by atoms with Crippen LogP contribution in [-0.2, 0) is 19.4 Å². The van der Waals surface area contributed by atoms with Crippen LogP contribution in [0.5, 0.6) is 0 Å². The normalized spacial score (nSPS) is 19.0. The summed E-state index contributed by atoms with van der Waals surface area (Å²) in [5.74, 6) is -0.439. The highest BCUT2D eigenvalue weighted by molar-refractivity contribution is 7.90.